The molecule has 1 atom stereocenters. The van der Waals surface area contributed by atoms with E-state index in [2.05, 4.69) is 26.0 Å². The zero-order valence-electron chi connectivity index (χ0n) is 18.4. The molecule has 0 aliphatic rings. The number of sulfonamides is 1. The summed E-state index contributed by atoms with van der Waals surface area (Å²) in [5.74, 6) is 0.333. The maximum atomic E-state index is 12.9. The van der Waals surface area contributed by atoms with Gasteiger partial charge in [0.25, 0.3) is 15.9 Å². The third-order valence-corrected chi connectivity index (χ3v) is 7.14. The van der Waals surface area contributed by atoms with Crippen molar-refractivity contribution in [3.05, 3.63) is 95.5 Å². The summed E-state index contributed by atoms with van der Waals surface area (Å²) in [6.45, 7) is 1.87. The summed E-state index contributed by atoms with van der Waals surface area (Å²) in [6.07, 6.45) is -0.230. The number of carbonyl (C=O) groups excluding carboxylic acids is 1. The number of rotatable bonds is 8. The minimum atomic E-state index is -3.76. The monoisotopic (exact) mass is 538 g/mol. The van der Waals surface area contributed by atoms with E-state index in [0.717, 1.165) is 15.2 Å². The first-order chi connectivity index (χ1) is 16.4. The molecule has 0 bridgehead atoms. The second-order valence-electron chi connectivity index (χ2n) is 7.62. The van der Waals surface area contributed by atoms with Crippen LogP contribution >= 0.6 is 15.9 Å². The van der Waals surface area contributed by atoms with Gasteiger partial charge in [-0.2, -0.15) is 0 Å². The first-order valence-corrected chi connectivity index (χ1v) is 13.0. The maximum absolute atomic E-state index is 12.9. The van der Waals surface area contributed by atoms with E-state index in [9.17, 15) is 13.2 Å². The third-order valence-electron chi connectivity index (χ3n) is 5.21. The maximum Gasteiger partial charge on any atom is 0.265 e. The lowest BCUT2D eigenvalue weighted by Crippen LogP contribution is -2.32. The van der Waals surface area contributed by atoms with Gasteiger partial charge in [-0.25, -0.2) is 8.42 Å². The molecule has 0 fully saturated rings. The van der Waals surface area contributed by atoms with Crippen LogP contribution in [-0.2, 0) is 14.8 Å². The van der Waals surface area contributed by atoms with E-state index < -0.39 is 16.1 Å². The Morgan fingerprint density at radius 2 is 1.53 bits per heavy atom. The standard InChI is InChI=1S/C26H23BrN2O4S/c1-2-24(33-25-9-5-7-18-6-3-4-8-23(18)25)26(30)28-20-14-16-22(17-15-20)34(31,32)29-21-12-10-19(27)11-13-21/h3-17,24,29H,2H2,1H3,(H,28,30)/t24-/m0/s1. The van der Waals surface area contributed by atoms with Gasteiger partial charge >= 0.3 is 0 Å². The van der Waals surface area contributed by atoms with Crippen LogP contribution in [0, 0.1) is 0 Å². The zero-order valence-corrected chi connectivity index (χ0v) is 20.8. The van der Waals surface area contributed by atoms with E-state index in [4.69, 9.17) is 4.74 Å². The molecule has 2 N–H and O–H groups in total. The van der Waals surface area contributed by atoms with E-state index in [1.54, 1.807) is 36.4 Å². The summed E-state index contributed by atoms with van der Waals surface area (Å²) in [4.78, 5) is 13.0. The van der Waals surface area contributed by atoms with Gasteiger partial charge in [-0.1, -0.05) is 59.3 Å². The smallest absolute Gasteiger partial charge is 0.265 e. The quantitative estimate of drug-likeness (QED) is 0.279. The third kappa shape index (κ3) is 5.58. The largest absolute Gasteiger partial charge is 0.480 e. The molecule has 0 unspecified atom stereocenters. The van der Waals surface area contributed by atoms with Gasteiger partial charge in [-0.05, 0) is 66.4 Å². The molecule has 174 valence electrons. The Balaban J connectivity index is 1.44. The van der Waals surface area contributed by atoms with Gasteiger partial charge in [-0.3, -0.25) is 9.52 Å². The summed E-state index contributed by atoms with van der Waals surface area (Å²) in [5.41, 5.74) is 0.935. The molecule has 0 saturated heterocycles. The second-order valence-corrected chi connectivity index (χ2v) is 10.2. The number of carbonyl (C=O) groups is 1. The van der Waals surface area contributed by atoms with E-state index >= 15 is 0 Å². The predicted octanol–water partition coefficient (Wildman–Crippen LogP) is 6.20. The van der Waals surface area contributed by atoms with Crippen molar-refractivity contribution in [2.45, 2.75) is 24.3 Å². The Kier molecular flexibility index (Phi) is 7.19. The molecule has 0 aromatic heterocycles. The van der Waals surface area contributed by atoms with Crippen molar-refractivity contribution in [1.82, 2.24) is 0 Å². The van der Waals surface area contributed by atoms with Crippen LogP contribution in [0.5, 0.6) is 5.75 Å². The fourth-order valence-electron chi connectivity index (χ4n) is 3.45. The van der Waals surface area contributed by atoms with E-state index in [1.807, 2.05) is 49.4 Å². The normalized spacial score (nSPS) is 12.2. The first-order valence-electron chi connectivity index (χ1n) is 10.7. The van der Waals surface area contributed by atoms with Crippen LogP contribution < -0.4 is 14.8 Å². The van der Waals surface area contributed by atoms with Gasteiger partial charge in [-0.15, -0.1) is 0 Å². The molecule has 0 saturated carbocycles. The van der Waals surface area contributed by atoms with Crippen LogP contribution in [0.1, 0.15) is 13.3 Å². The molecule has 0 heterocycles. The van der Waals surface area contributed by atoms with E-state index in [0.29, 0.717) is 23.5 Å². The highest BCUT2D eigenvalue weighted by Gasteiger charge is 2.20. The van der Waals surface area contributed by atoms with Crippen LogP contribution in [0.3, 0.4) is 0 Å². The highest BCUT2D eigenvalue weighted by Crippen LogP contribution is 2.27. The number of anilines is 2. The predicted molar refractivity (Wildman–Crippen MR) is 139 cm³/mol. The number of fused-ring (bicyclic) bond motifs is 1. The minimum Gasteiger partial charge on any atom is -0.480 e. The Morgan fingerprint density at radius 3 is 2.24 bits per heavy atom. The van der Waals surface area contributed by atoms with Crippen molar-refractivity contribution >= 4 is 54.0 Å². The van der Waals surface area contributed by atoms with Gasteiger partial charge in [0, 0.05) is 21.2 Å². The highest BCUT2D eigenvalue weighted by molar-refractivity contribution is 9.10. The molecular formula is C26H23BrN2O4S. The summed E-state index contributed by atoms with van der Waals surface area (Å²) < 4.78 is 34.7. The Hall–Kier alpha value is -3.36. The molecule has 4 aromatic carbocycles. The molecule has 8 heteroatoms. The number of nitrogens with one attached hydrogen (secondary N) is 2. The van der Waals surface area contributed by atoms with Gasteiger partial charge in [0.1, 0.15) is 5.75 Å². The van der Waals surface area contributed by atoms with E-state index in [-0.39, 0.29) is 10.8 Å². The molecule has 0 aliphatic heterocycles. The Morgan fingerprint density at radius 1 is 0.882 bits per heavy atom. The average molecular weight is 539 g/mol. The van der Waals surface area contributed by atoms with Gasteiger partial charge in [0.05, 0.1) is 4.90 Å². The molecule has 0 aliphatic carbocycles. The minimum absolute atomic E-state index is 0.0902. The number of ether oxygens (including phenoxy) is 1. The van der Waals surface area contributed by atoms with Crippen LogP contribution in [-0.4, -0.2) is 20.4 Å². The summed E-state index contributed by atoms with van der Waals surface area (Å²) >= 11 is 3.32. The second kappa shape index (κ2) is 10.3. The van der Waals surface area contributed by atoms with Crippen LogP contribution in [0.2, 0.25) is 0 Å². The molecule has 4 aromatic rings. The molecule has 1 amide bonds. The lowest BCUT2D eigenvalue weighted by Gasteiger charge is -2.18. The number of halogens is 1. The van der Waals surface area contributed by atoms with Crippen molar-refractivity contribution in [1.29, 1.82) is 0 Å². The van der Waals surface area contributed by atoms with Crippen molar-refractivity contribution < 1.29 is 17.9 Å². The lowest BCUT2D eigenvalue weighted by atomic mass is 10.1. The van der Waals surface area contributed by atoms with Gasteiger partial charge in [0.15, 0.2) is 6.10 Å². The van der Waals surface area contributed by atoms with Crippen molar-refractivity contribution in [3.8, 4) is 5.75 Å². The van der Waals surface area contributed by atoms with Crippen LogP contribution in [0.15, 0.2) is 100 Å². The molecule has 0 spiro atoms. The first kappa shape index (κ1) is 23.8. The van der Waals surface area contributed by atoms with Gasteiger partial charge in [0.2, 0.25) is 0 Å². The van der Waals surface area contributed by atoms with Crippen LogP contribution in [0.4, 0.5) is 11.4 Å². The highest BCUT2D eigenvalue weighted by atomic mass is 79.9. The van der Waals surface area contributed by atoms with E-state index in [1.165, 1.54) is 12.1 Å². The van der Waals surface area contributed by atoms with Crippen molar-refractivity contribution in [2.24, 2.45) is 0 Å². The fourth-order valence-corrected chi connectivity index (χ4v) is 4.77. The van der Waals surface area contributed by atoms with Crippen LogP contribution in [0.25, 0.3) is 10.8 Å². The molecule has 4 rings (SSSR count). The topological polar surface area (TPSA) is 84.5 Å². The molecule has 0 radical (unpaired) electrons. The Labute approximate surface area is 207 Å². The number of hydrogen-bond donors (Lipinski definition) is 2. The number of benzene rings is 4. The van der Waals surface area contributed by atoms with Crippen molar-refractivity contribution in [2.75, 3.05) is 10.0 Å². The zero-order chi connectivity index (χ0) is 24.1. The van der Waals surface area contributed by atoms with Crippen molar-refractivity contribution in [3.63, 3.8) is 0 Å². The van der Waals surface area contributed by atoms with Gasteiger partial charge < -0.3 is 10.1 Å². The summed E-state index contributed by atoms with van der Waals surface area (Å²) in [7, 11) is -3.76. The summed E-state index contributed by atoms with van der Waals surface area (Å²) in [6, 6.07) is 26.4. The molecule has 6 nitrogen and oxygen atoms in total. The SMILES string of the molecule is CC[C@H](Oc1cccc2ccccc12)C(=O)Nc1ccc(S(=O)(=O)Nc2ccc(Br)cc2)cc1. The number of amides is 1. The summed E-state index contributed by atoms with van der Waals surface area (Å²) in [5, 5.41) is 4.78. The lowest BCUT2D eigenvalue weighted by molar-refractivity contribution is -0.122. The number of hydrogen-bond acceptors (Lipinski definition) is 4. The molecule has 34 heavy (non-hydrogen) atoms. The average Bonchev–Trinajstić information content (AvgIpc) is 2.84. The molecular weight excluding hydrogens is 516 g/mol. The Bertz CT molecular complexity index is 1400. The fraction of sp³-hybridized carbons (Fsp3) is 0.115.